The first-order valence-corrected chi connectivity index (χ1v) is 6.35. The molecule has 0 radical (unpaired) electrons. The van der Waals surface area contributed by atoms with Crippen LogP contribution in [-0.2, 0) is 23.9 Å². The minimum absolute atomic E-state index is 0.101. The molecule has 7 heteroatoms. The zero-order valence-corrected chi connectivity index (χ0v) is 11.7. The Kier molecular flexibility index (Phi) is 5.98. The van der Waals surface area contributed by atoms with Crippen LogP contribution < -0.4 is 0 Å². The summed E-state index contributed by atoms with van der Waals surface area (Å²) in [5.74, 6) is -1.26. The quantitative estimate of drug-likeness (QED) is 0.295. The number of rotatable bonds is 7. The van der Waals surface area contributed by atoms with Crippen molar-refractivity contribution in [2.75, 3.05) is 32.2 Å². The van der Waals surface area contributed by atoms with Gasteiger partial charge >= 0.3 is 5.97 Å². The van der Waals surface area contributed by atoms with Crippen LogP contribution in [-0.4, -0.2) is 54.9 Å². The van der Waals surface area contributed by atoms with Crippen LogP contribution in [0.4, 0.5) is 0 Å². The number of hydrogen-bond acceptors (Lipinski definition) is 5. The summed E-state index contributed by atoms with van der Waals surface area (Å²) in [5, 5.41) is 0. The van der Waals surface area contributed by atoms with Crippen LogP contribution in [0.1, 0.15) is 13.8 Å². The van der Waals surface area contributed by atoms with Gasteiger partial charge in [0.25, 0.3) is 11.8 Å². The highest BCUT2D eigenvalue weighted by Gasteiger charge is 2.32. The molecule has 1 heterocycles. The van der Waals surface area contributed by atoms with E-state index in [9.17, 15) is 14.4 Å². The molecule has 1 rings (SSSR count). The molecule has 0 aliphatic carbocycles. The van der Waals surface area contributed by atoms with E-state index in [1.54, 1.807) is 13.8 Å². The summed E-state index contributed by atoms with van der Waals surface area (Å²) in [7, 11) is 0. The summed E-state index contributed by atoms with van der Waals surface area (Å²) in [4.78, 5) is 35.2. The Morgan fingerprint density at radius 2 is 1.68 bits per heavy atom. The molecular weight excluding hydrogens is 274 g/mol. The monoisotopic (exact) mass is 289 g/mol. The van der Waals surface area contributed by atoms with E-state index in [-0.39, 0.29) is 44.1 Å². The fraction of sp³-hybridized carbons (Fsp3) is 0.583. The summed E-state index contributed by atoms with van der Waals surface area (Å²) in [6.07, 6.45) is 0. The number of nitrogens with zero attached hydrogens (tertiary/aromatic N) is 1. The van der Waals surface area contributed by atoms with E-state index in [2.05, 4.69) is 4.74 Å². The summed E-state index contributed by atoms with van der Waals surface area (Å²) in [6, 6.07) is 0. The number of carbonyl (C=O) groups excluding carboxylic acids is 3. The van der Waals surface area contributed by atoms with Gasteiger partial charge in [-0.2, -0.15) is 0 Å². The lowest BCUT2D eigenvalue weighted by molar-refractivity contribution is -0.142. The smallest absolute Gasteiger partial charge is 0.320 e. The molecule has 0 unspecified atom stereocenters. The minimum Gasteiger partial charge on any atom is -0.462 e. The first-order valence-electron chi connectivity index (χ1n) is 5.82. The van der Waals surface area contributed by atoms with Crippen molar-refractivity contribution < 1.29 is 23.9 Å². The molecule has 0 aromatic rings. The van der Waals surface area contributed by atoms with Crippen molar-refractivity contribution in [3.05, 3.63) is 11.1 Å². The van der Waals surface area contributed by atoms with Crippen LogP contribution in [0.5, 0.6) is 0 Å². The molecule has 0 spiro atoms. The molecule has 2 amide bonds. The highest BCUT2D eigenvalue weighted by molar-refractivity contribution is 6.26. The Labute approximate surface area is 116 Å². The van der Waals surface area contributed by atoms with E-state index in [0.29, 0.717) is 11.1 Å². The Morgan fingerprint density at radius 3 is 2.21 bits per heavy atom. The van der Waals surface area contributed by atoms with Gasteiger partial charge in [0.15, 0.2) is 0 Å². The third kappa shape index (κ3) is 4.04. The minimum atomic E-state index is -0.509. The number of alkyl halides is 1. The van der Waals surface area contributed by atoms with E-state index in [1.165, 1.54) is 0 Å². The van der Waals surface area contributed by atoms with E-state index in [4.69, 9.17) is 16.3 Å². The maximum atomic E-state index is 11.7. The molecule has 0 fully saturated rings. The summed E-state index contributed by atoms with van der Waals surface area (Å²) < 4.78 is 9.86. The van der Waals surface area contributed by atoms with Crippen molar-refractivity contribution in [2.24, 2.45) is 0 Å². The van der Waals surface area contributed by atoms with Crippen molar-refractivity contribution in [3.63, 3.8) is 0 Å². The molecule has 19 heavy (non-hydrogen) atoms. The van der Waals surface area contributed by atoms with Gasteiger partial charge in [-0.15, -0.1) is 11.6 Å². The lowest BCUT2D eigenvalue weighted by Gasteiger charge is -2.14. The average Bonchev–Trinajstić information content (AvgIpc) is 2.59. The van der Waals surface area contributed by atoms with E-state index >= 15 is 0 Å². The summed E-state index contributed by atoms with van der Waals surface area (Å²) >= 11 is 5.24. The van der Waals surface area contributed by atoms with Gasteiger partial charge in [-0.05, 0) is 13.8 Å². The molecule has 0 aromatic heterocycles. The second-order valence-electron chi connectivity index (χ2n) is 3.98. The van der Waals surface area contributed by atoms with Crippen molar-refractivity contribution in [2.45, 2.75) is 13.8 Å². The van der Waals surface area contributed by atoms with Gasteiger partial charge < -0.3 is 9.47 Å². The van der Waals surface area contributed by atoms with Crippen molar-refractivity contribution in [1.29, 1.82) is 0 Å². The van der Waals surface area contributed by atoms with Crippen LogP contribution in [0.15, 0.2) is 11.1 Å². The fourth-order valence-electron chi connectivity index (χ4n) is 1.53. The Balaban J connectivity index is 2.20. The predicted octanol–water partition coefficient (Wildman–Crippen LogP) is 0.490. The van der Waals surface area contributed by atoms with E-state index in [1.807, 2.05) is 0 Å². The van der Waals surface area contributed by atoms with Gasteiger partial charge in [0.2, 0.25) is 0 Å². The molecule has 0 N–H and O–H groups in total. The van der Waals surface area contributed by atoms with Gasteiger partial charge in [-0.3, -0.25) is 19.3 Å². The lowest BCUT2D eigenvalue weighted by atomic mass is 10.2. The van der Waals surface area contributed by atoms with Gasteiger partial charge in [-0.25, -0.2) is 0 Å². The van der Waals surface area contributed by atoms with Gasteiger partial charge in [-0.1, -0.05) is 0 Å². The normalized spacial score (nSPS) is 15.4. The van der Waals surface area contributed by atoms with Crippen LogP contribution in [0.3, 0.4) is 0 Å². The van der Waals surface area contributed by atoms with Crippen LogP contribution in [0.2, 0.25) is 0 Å². The first-order chi connectivity index (χ1) is 8.99. The number of esters is 1. The molecule has 0 bridgehead atoms. The molecule has 1 aliphatic heterocycles. The van der Waals surface area contributed by atoms with Crippen LogP contribution in [0, 0.1) is 0 Å². The van der Waals surface area contributed by atoms with Crippen LogP contribution in [0.25, 0.3) is 0 Å². The lowest BCUT2D eigenvalue weighted by Crippen LogP contribution is -2.34. The highest BCUT2D eigenvalue weighted by Crippen LogP contribution is 2.18. The van der Waals surface area contributed by atoms with Gasteiger partial charge in [0, 0.05) is 11.1 Å². The van der Waals surface area contributed by atoms with E-state index in [0.717, 1.165) is 4.90 Å². The summed E-state index contributed by atoms with van der Waals surface area (Å²) in [5.41, 5.74) is 0.946. The number of hydrogen-bond donors (Lipinski definition) is 0. The number of carbonyl (C=O) groups is 3. The average molecular weight is 290 g/mol. The third-order valence-corrected chi connectivity index (χ3v) is 2.97. The standard InChI is InChI=1S/C12H16ClNO5/c1-8-9(2)12(17)14(11(8)16)3-4-18-5-6-19-10(15)7-13/h3-7H2,1-2H3. The SMILES string of the molecule is CC1=C(C)C(=O)N(CCOCCOC(=O)CCl)C1=O. The molecule has 0 saturated carbocycles. The Bertz CT molecular complexity index is 394. The largest absolute Gasteiger partial charge is 0.462 e. The van der Waals surface area contributed by atoms with Crippen molar-refractivity contribution >= 4 is 29.4 Å². The number of halogens is 1. The van der Waals surface area contributed by atoms with Crippen molar-refractivity contribution in [1.82, 2.24) is 4.90 Å². The topological polar surface area (TPSA) is 72.9 Å². The maximum absolute atomic E-state index is 11.7. The molecule has 0 atom stereocenters. The Hall–Kier alpha value is -1.40. The van der Waals surface area contributed by atoms with E-state index < -0.39 is 5.97 Å². The molecular formula is C12H16ClNO5. The molecule has 6 nitrogen and oxygen atoms in total. The predicted molar refractivity (Wildman–Crippen MR) is 67.6 cm³/mol. The molecule has 106 valence electrons. The van der Waals surface area contributed by atoms with Crippen molar-refractivity contribution in [3.8, 4) is 0 Å². The second kappa shape index (κ2) is 7.25. The molecule has 1 aliphatic rings. The summed E-state index contributed by atoms with van der Waals surface area (Å²) in [6.45, 7) is 3.95. The highest BCUT2D eigenvalue weighted by atomic mass is 35.5. The second-order valence-corrected chi connectivity index (χ2v) is 4.25. The number of ether oxygens (including phenoxy) is 2. The molecule has 0 aromatic carbocycles. The fourth-order valence-corrected chi connectivity index (χ4v) is 1.61. The maximum Gasteiger partial charge on any atom is 0.320 e. The van der Waals surface area contributed by atoms with Gasteiger partial charge in [0.05, 0.1) is 19.8 Å². The number of imide groups is 1. The zero-order chi connectivity index (χ0) is 14.4. The zero-order valence-electron chi connectivity index (χ0n) is 10.9. The number of amides is 2. The van der Waals surface area contributed by atoms with Gasteiger partial charge in [0.1, 0.15) is 12.5 Å². The van der Waals surface area contributed by atoms with Crippen LogP contribution >= 0.6 is 11.6 Å². The Morgan fingerprint density at radius 1 is 1.11 bits per heavy atom. The third-order valence-electron chi connectivity index (χ3n) is 2.75. The molecule has 0 saturated heterocycles. The first kappa shape index (κ1) is 15.7.